The summed E-state index contributed by atoms with van der Waals surface area (Å²) in [7, 11) is 0. The lowest BCUT2D eigenvalue weighted by molar-refractivity contribution is -0.138. The fourth-order valence-electron chi connectivity index (χ4n) is 7.71. The summed E-state index contributed by atoms with van der Waals surface area (Å²) >= 11 is 0. The van der Waals surface area contributed by atoms with Gasteiger partial charge in [0.2, 0.25) is 0 Å². The van der Waals surface area contributed by atoms with Crippen LogP contribution in [0, 0.1) is 0 Å². The number of carbonyl (C=O) groups is 4. The van der Waals surface area contributed by atoms with E-state index in [0.29, 0.717) is 73.5 Å². The van der Waals surface area contributed by atoms with Gasteiger partial charge in [0.1, 0.15) is 12.2 Å². The zero-order valence-electron chi connectivity index (χ0n) is 39.5. The molecule has 0 spiro atoms. The smallest absolute Gasteiger partial charge is 0.338 e. The first-order chi connectivity index (χ1) is 33.3. The zero-order chi connectivity index (χ0) is 48.0. The van der Waals surface area contributed by atoms with Crippen LogP contribution in [0.25, 0.3) is 22.8 Å². The van der Waals surface area contributed by atoms with E-state index in [0.717, 1.165) is 101 Å². The summed E-state index contributed by atoms with van der Waals surface area (Å²) in [6.45, 7) is 8.89. The second kappa shape index (κ2) is 30.8. The predicted octanol–water partition coefficient (Wildman–Crippen LogP) is 11.4. The Morgan fingerprint density at radius 3 is 1.09 bits per heavy atom. The van der Waals surface area contributed by atoms with E-state index in [1.165, 1.54) is 37.8 Å². The highest BCUT2D eigenvalue weighted by Gasteiger charge is 2.32. The first kappa shape index (κ1) is 52.5. The Hall–Kier alpha value is -6.44. The number of benzene rings is 2. The van der Waals surface area contributed by atoms with Gasteiger partial charge in [-0.3, -0.25) is 0 Å². The predicted molar refractivity (Wildman–Crippen MR) is 259 cm³/mol. The average molecular weight is 933 g/mol. The lowest BCUT2D eigenvalue weighted by Gasteiger charge is -2.30. The Labute approximate surface area is 401 Å². The highest BCUT2D eigenvalue weighted by molar-refractivity contribution is 5.91. The molecule has 0 N–H and O–H groups in total. The molecule has 0 aliphatic heterocycles. The minimum absolute atomic E-state index is 0.361. The molecule has 5 rings (SSSR count). The van der Waals surface area contributed by atoms with Crippen molar-refractivity contribution in [2.45, 2.75) is 141 Å². The summed E-state index contributed by atoms with van der Waals surface area (Å²) in [6.07, 6.45) is 28.0. The normalized spacial score (nSPS) is 14.3. The van der Waals surface area contributed by atoms with Crippen molar-refractivity contribution in [2.24, 2.45) is 0 Å². The van der Waals surface area contributed by atoms with Crippen molar-refractivity contribution in [1.82, 2.24) is 19.9 Å². The van der Waals surface area contributed by atoms with Crippen LogP contribution in [0.15, 0.2) is 98.6 Å². The molecule has 1 aliphatic carbocycles. The standard InChI is InChI=1S/C54H68N4O10/c1-3-49(59)65-35-21-15-11-7-5-9-13-19-33-63-45-37-55-51(56-38-45)41-25-29-43(30-26-41)53(61)67-47-23-17-18-24-48(47)68-54(62)44-31-27-42(28-32-44)52-57-39-46(40-58-52)64-34-20-14-10-6-8-12-16-22-36-66-50(60)4-2/h3-4,25-32,37-40,47-48H,1-2,5-24,33-36H2/t47-,48-/m1/s1. The van der Waals surface area contributed by atoms with Gasteiger partial charge in [-0.2, -0.15) is 0 Å². The molecule has 14 nitrogen and oxygen atoms in total. The van der Waals surface area contributed by atoms with Crippen LogP contribution in [0.1, 0.15) is 149 Å². The molecule has 0 radical (unpaired) electrons. The van der Waals surface area contributed by atoms with Crippen LogP contribution in [0.5, 0.6) is 11.5 Å². The van der Waals surface area contributed by atoms with E-state index >= 15 is 0 Å². The van der Waals surface area contributed by atoms with Crippen molar-refractivity contribution in [2.75, 3.05) is 26.4 Å². The van der Waals surface area contributed by atoms with Crippen LogP contribution in [0.3, 0.4) is 0 Å². The van der Waals surface area contributed by atoms with E-state index in [9.17, 15) is 19.2 Å². The molecule has 68 heavy (non-hydrogen) atoms. The molecule has 1 fully saturated rings. The van der Waals surface area contributed by atoms with Gasteiger partial charge in [0.25, 0.3) is 0 Å². The maximum atomic E-state index is 13.3. The molecule has 0 bridgehead atoms. The van der Waals surface area contributed by atoms with Crippen molar-refractivity contribution in [1.29, 1.82) is 0 Å². The summed E-state index contributed by atoms with van der Waals surface area (Å²) < 4.78 is 33.6. The van der Waals surface area contributed by atoms with E-state index in [2.05, 4.69) is 33.1 Å². The Bertz CT molecular complexity index is 1980. The number of unbranched alkanes of at least 4 members (excludes halogenated alkanes) is 14. The SMILES string of the molecule is C=CC(=O)OCCCCCCCCCCOc1cnc(-c2ccc(C(=O)O[C@@H]3CCCC[C@H]3OC(=O)c3ccc(-c4ncc(OCCCCCCCCCCOC(=O)C=C)cn4)cc3)cc2)nc1. The number of aromatic nitrogens is 4. The van der Waals surface area contributed by atoms with Crippen LogP contribution in [0.4, 0.5) is 0 Å². The van der Waals surface area contributed by atoms with Gasteiger partial charge in [0.15, 0.2) is 23.1 Å². The van der Waals surface area contributed by atoms with Gasteiger partial charge in [0, 0.05) is 23.3 Å². The fourth-order valence-corrected chi connectivity index (χ4v) is 7.71. The minimum Gasteiger partial charge on any atom is -0.490 e. The number of carbonyl (C=O) groups excluding carboxylic acids is 4. The topological polar surface area (TPSA) is 175 Å². The summed E-state index contributed by atoms with van der Waals surface area (Å²) in [5.74, 6) is 0.545. The van der Waals surface area contributed by atoms with Crippen LogP contribution in [-0.4, -0.2) is 82.4 Å². The average Bonchev–Trinajstić information content (AvgIpc) is 3.37. The van der Waals surface area contributed by atoms with E-state index in [-0.39, 0.29) is 11.9 Å². The van der Waals surface area contributed by atoms with Gasteiger partial charge in [-0.1, -0.05) is 114 Å². The Morgan fingerprint density at radius 1 is 0.456 bits per heavy atom. The summed E-state index contributed by atoms with van der Waals surface area (Å²) in [4.78, 5) is 66.5. The summed E-state index contributed by atoms with van der Waals surface area (Å²) in [6, 6.07) is 13.9. The molecular formula is C54H68N4O10. The van der Waals surface area contributed by atoms with Gasteiger partial charge in [0.05, 0.1) is 62.3 Å². The number of hydrogen-bond acceptors (Lipinski definition) is 14. The fraction of sp³-hybridized carbons (Fsp3) is 0.481. The highest BCUT2D eigenvalue weighted by atomic mass is 16.6. The molecule has 4 aromatic rings. The van der Waals surface area contributed by atoms with Crippen LogP contribution < -0.4 is 9.47 Å². The summed E-state index contributed by atoms with van der Waals surface area (Å²) in [5.41, 5.74) is 2.26. The zero-order valence-corrected chi connectivity index (χ0v) is 39.5. The van der Waals surface area contributed by atoms with Crippen LogP contribution in [0.2, 0.25) is 0 Å². The molecule has 0 saturated heterocycles. The molecule has 2 heterocycles. The van der Waals surface area contributed by atoms with Crippen molar-refractivity contribution < 1.29 is 47.6 Å². The first-order valence-electron chi connectivity index (χ1n) is 24.4. The molecule has 0 amide bonds. The third-order valence-corrected chi connectivity index (χ3v) is 11.6. The third-order valence-electron chi connectivity index (χ3n) is 11.6. The van der Waals surface area contributed by atoms with E-state index < -0.39 is 24.1 Å². The molecule has 1 aliphatic rings. The monoisotopic (exact) mass is 932 g/mol. The second-order valence-electron chi connectivity index (χ2n) is 16.9. The van der Waals surface area contributed by atoms with E-state index in [1.807, 2.05) is 0 Å². The Kier molecular flexibility index (Phi) is 23.8. The Balaban J connectivity index is 0.955. The third kappa shape index (κ3) is 19.4. The van der Waals surface area contributed by atoms with Crippen LogP contribution >= 0.6 is 0 Å². The van der Waals surface area contributed by atoms with Crippen LogP contribution in [-0.2, 0) is 28.5 Å². The van der Waals surface area contributed by atoms with E-state index in [1.54, 1.807) is 73.3 Å². The van der Waals surface area contributed by atoms with Gasteiger partial charge in [-0.25, -0.2) is 39.1 Å². The molecule has 364 valence electrons. The molecular weight excluding hydrogens is 865 g/mol. The number of nitrogens with zero attached hydrogens (tertiary/aromatic N) is 4. The highest BCUT2D eigenvalue weighted by Crippen LogP contribution is 2.27. The molecule has 14 heteroatoms. The lowest BCUT2D eigenvalue weighted by atomic mass is 9.94. The maximum Gasteiger partial charge on any atom is 0.338 e. The van der Waals surface area contributed by atoms with Gasteiger partial charge >= 0.3 is 23.9 Å². The van der Waals surface area contributed by atoms with Crippen molar-refractivity contribution in [3.63, 3.8) is 0 Å². The van der Waals surface area contributed by atoms with Crippen molar-refractivity contribution in [3.05, 3.63) is 110 Å². The molecule has 2 aromatic heterocycles. The van der Waals surface area contributed by atoms with Gasteiger partial charge in [-0.15, -0.1) is 0 Å². The van der Waals surface area contributed by atoms with Crippen molar-refractivity contribution >= 4 is 23.9 Å². The molecule has 1 saturated carbocycles. The maximum absolute atomic E-state index is 13.3. The van der Waals surface area contributed by atoms with Crippen molar-refractivity contribution in [3.8, 4) is 34.3 Å². The Morgan fingerprint density at radius 2 is 0.765 bits per heavy atom. The summed E-state index contributed by atoms with van der Waals surface area (Å²) in [5, 5.41) is 0. The molecule has 2 atom stereocenters. The molecule has 2 aromatic carbocycles. The first-order valence-corrected chi connectivity index (χ1v) is 24.4. The second-order valence-corrected chi connectivity index (χ2v) is 16.9. The van der Waals surface area contributed by atoms with E-state index in [4.69, 9.17) is 28.4 Å². The van der Waals surface area contributed by atoms with Gasteiger partial charge in [-0.05, 0) is 75.6 Å². The number of hydrogen-bond donors (Lipinski definition) is 0. The van der Waals surface area contributed by atoms with Gasteiger partial charge < -0.3 is 28.4 Å². The largest absolute Gasteiger partial charge is 0.490 e. The quantitative estimate of drug-likeness (QED) is 0.0196. The number of esters is 4. The number of rotatable bonds is 32. The lowest BCUT2D eigenvalue weighted by Crippen LogP contribution is -2.37. The molecule has 0 unspecified atom stereocenters. The minimum atomic E-state index is -0.563. The number of ether oxygens (including phenoxy) is 6.